The average Bonchev–Trinajstić information content (AvgIpc) is 2.81. The number of rotatable bonds is 4. The fraction of sp³-hybridized carbons (Fsp3) is 0.455. The lowest BCUT2D eigenvalue weighted by molar-refractivity contribution is -0.394. The van der Waals surface area contributed by atoms with Crippen LogP contribution in [0.4, 0.5) is 11.4 Å². The minimum atomic E-state index is -0.636. The fourth-order valence-corrected chi connectivity index (χ4v) is 2.06. The van der Waals surface area contributed by atoms with Gasteiger partial charge in [-0.25, -0.2) is 0 Å². The summed E-state index contributed by atoms with van der Waals surface area (Å²) in [7, 11) is 0. The first kappa shape index (κ1) is 12.4. The molecule has 2 rings (SSSR count). The third-order valence-electron chi connectivity index (χ3n) is 2.95. The predicted octanol–water partition coefficient (Wildman–Crippen LogP) is 2.22. The van der Waals surface area contributed by atoms with Crippen molar-refractivity contribution < 1.29 is 14.6 Å². The molecule has 96 valence electrons. The van der Waals surface area contributed by atoms with Crippen molar-refractivity contribution in [1.29, 1.82) is 0 Å². The molecule has 18 heavy (non-hydrogen) atoms. The van der Waals surface area contributed by atoms with Crippen molar-refractivity contribution in [1.82, 2.24) is 0 Å². The smallest absolute Gasteiger partial charge is 0.279 e. The molecule has 1 atom stereocenters. The summed E-state index contributed by atoms with van der Waals surface area (Å²) in [5.41, 5.74) is 0.00925. The van der Waals surface area contributed by atoms with E-state index in [0.717, 1.165) is 18.9 Å². The molecular weight excluding hydrogens is 240 g/mol. The lowest BCUT2D eigenvalue weighted by Crippen LogP contribution is -2.10. The molecule has 1 aliphatic rings. The zero-order valence-electron chi connectivity index (χ0n) is 9.57. The molecule has 1 aromatic carbocycles. The van der Waals surface area contributed by atoms with Gasteiger partial charge in [-0.05, 0) is 18.9 Å². The van der Waals surface area contributed by atoms with Gasteiger partial charge in [0.25, 0.3) is 11.4 Å². The number of ether oxygens (including phenoxy) is 1. The Balaban J connectivity index is 2.28. The Labute approximate surface area is 103 Å². The zero-order chi connectivity index (χ0) is 13.1. The maximum absolute atomic E-state index is 10.9. The Morgan fingerprint density at radius 1 is 1.28 bits per heavy atom. The fourth-order valence-electron chi connectivity index (χ4n) is 2.06. The lowest BCUT2D eigenvalue weighted by Gasteiger charge is -2.09. The SMILES string of the molecule is O=[N+]([O-])c1ccc(CC2CCCO2)c([N+](=O)[O-])c1. The molecule has 1 heterocycles. The van der Waals surface area contributed by atoms with Crippen LogP contribution >= 0.6 is 0 Å². The zero-order valence-corrected chi connectivity index (χ0v) is 9.57. The van der Waals surface area contributed by atoms with E-state index in [1.165, 1.54) is 12.1 Å². The summed E-state index contributed by atoms with van der Waals surface area (Å²) in [6.07, 6.45) is 2.22. The number of nitro benzene ring substituents is 2. The molecule has 1 unspecified atom stereocenters. The summed E-state index contributed by atoms with van der Waals surface area (Å²) in [5, 5.41) is 21.5. The van der Waals surface area contributed by atoms with Crippen LogP contribution in [0.2, 0.25) is 0 Å². The summed E-state index contributed by atoms with van der Waals surface area (Å²) in [6.45, 7) is 0.672. The van der Waals surface area contributed by atoms with Crippen molar-refractivity contribution in [3.63, 3.8) is 0 Å². The molecule has 1 fully saturated rings. The first-order chi connectivity index (χ1) is 8.58. The molecular formula is C11H12N2O5. The highest BCUT2D eigenvalue weighted by atomic mass is 16.6. The summed E-state index contributed by atoms with van der Waals surface area (Å²) in [4.78, 5) is 20.3. The van der Waals surface area contributed by atoms with Gasteiger partial charge in [-0.3, -0.25) is 20.2 Å². The second kappa shape index (κ2) is 5.09. The van der Waals surface area contributed by atoms with Crippen LogP contribution < -0.4 is 0 Å². The molecule has 0 N–H and O–H groups in total. The number of hydrogen-bond donors (Lipinski definition) is 0. The van der Waals surface area contributed by atoms with E-state index in [1.54, 1.807) is 0 Å². The van der Waals surface area contributed by atoms with Crippen LogP contribution in [-0.4, -0.2) is 22.6 Å². The standard InChI is InChI=1S/C11H12N2O5/c14-12(15)9-4-3-8(11(7-9)13(16)17)6-10-2-1-5-18-10/h3-4,7,10H,1-2,5-6H2. The minimum Gasteiger partial charge on any atom is -0.378 e. The highest BCUT2D eigenvalue weighted by Crippen LogP contribution is 2.27. The topological polar surface area (TPSA) is 95.5 Å². The summed E-state index contributed by atoms with van der Waals surface area (Å²) >= 11 is 0. The van der Waals surface area contributed by atoms with E-state index in [4.69, 9.17) is 4.74 Å². The van der Waals surface area contributed by atoms with E-state index in [0.29, 0.717) is 18.6 Å². The first-order valence-electron chi connectivity index (χ1n) is 5.61. The number of non-ortho nitro benzene ring substituents is 1. The van der Waals surface area contributed by atoms with Gasteiger partial charge in [0.05, 0.1) is 22.0 Å². The molecule has 0 aromatic heterocycles. The Kier molecular flexibility index (Phi) is 3.52. The third-order valence-corrected chi connectivity index (χ3v) is 2.95. The summed E-state index contributed by atoms with van der Waals surface area (Å²) in [6, 6.07) is 3.74. The van der Waals surface area contributed by atoms with Crippen molar-refractivity contribution >= 4 is 11.4 Å². The third kappa shape index (κ3) is 2.62. The number of benzene rings is 1. The lowest BCUT2D eigenvalue weighted by atomic mass is 10.0. The Bertz CT molecular complexity index is 482. The summed E-state index contributed by atoms with van der Waals surface area (Å²) < 4.78 is 5.41. The molecule has 0 amide bonds. The van der Waals surface area contributed by atoms with Crippen molar-refractivity contribution in [2.75, 3.05) is 6.61 Å². The first-order valence-corrected chi connectivity index (χ1v) is 5.61. The molecule has 1 saturated heterocycles. The van der Waals surface area contributed by atoms with Gasteiger partial charge in [-0.2, -0.15) is 0 Å². The Morgan fingerprint density at radius 2 is 2.06 bits per heavy atom. The number of nitrogens with zero attached hydrogens (tertiary/aromatic N) is 2. The van der Waals surface area contributed by atoms with Crippen LogP contribution in [0.15, 0.2) is 18.2 Å². The van der Waals surface area contributed by atoms with Crippen molar-refractivity contribution in [2.45, 2.75) is 25.4 Å². The predicted molar refractivity (Wildman–Crippen MR) is 62.4 cm³/mol. The second-order valence-corrected chi connectivity index (χ2v) is 4.17. The molecule has 1 aliphatic heterocycles. The molecule has 0 spiro atoms. The molecule has 0 aliphatic carbocycles. The maximum Gasteiger partial charge on any atom is 0.279 e. The van der Waals surface area contributed by atoms with Crippen molar-refractivity contribution in [3.8, 4) is 0 Å². The van der Waals surface area contributed by atoms with Crippen LogP contribution in [-0.2, 0) is 11.2 Å². The van der Waals surface area contributed by atoms with Gasteiger partial charge in [0.2, 0.25) is 0 Å². The van der Waals surface area contributed by atoms with E-state index in [9.17, 15) is 20.2 Å². The van der Waals surface area contributed by atoms with Crippen LogP contribution in [0.3, 0.4) is 0 Å². The van der Waals surface area contributed by atoms with Gasteiger partial charge in [0.15, 0.2) is 0 Å². The number of hydrogen-bond acceptors (Lipinski definition) is 5. The molecule has 7 nitrogen and oxygen atoms in total. The van der Waals surface area contributed by atoms with E-state index in [1.807, 2.05) is 0 Å². The molecule has 0 saturated carbocycles. The van der Waals surface area contributed by atoms with Crippen LogP contribution in [0.1, 0.15) is 18.4 Å². The largest absolute Gasteiger partial charge is 0.378 e. The number of nitro groups is 2. The van der Waals surface area contributed by atoms with Crippen LogP contribution in [0.25, 0.3) is 0 Å². The molecule has 1 aromatic rings. The van der Waals surface area contributed by atoms with Crippen molar-refractivity contribution in [3.05, 3.63) is 44.0 Å². The van der Waals surface area contributed by atoms with Crippen LogP contribution in [0.5, 0.6) is 0 Å². The van der Waals surface area contributed by atoms with E-state index < -0.39 is 9.85 Å². The van der Waals surface area contributed by atoms with Gasteiger partial charge in [-0.1, -0.05) is 0 Å². The summed E-state index contributed by atoms with van der Waals surface area (Å²) in [5.74, 6) is 0. The maximum atomic E-state index is 10.9. The van der Waals surface area contributed by atoms with E-state index in [-0.39, 0.29) is 17.5 Å². The molecule has 7 heteroatoms. The Morgan fingerprint density at radius 3 is 2.61 bits per heavy atom. The highest BCUT2D eigenvalue weighted by Gasteiger charge is 2.23. The highest BCUT2D eigenvalue weighted by molar-refractivity contribution is 5.49. The quantitative estimate of drug-likeness (QED) is 0.604. The Hall–Kier alpha value is -2.02. The van der Waals surface area contributed by atoms with E-state index in [2.05, 4.69) is 0 Å². The van der Waals surface area contributed by atoms with Crippen LogP contribution in [0, 0.1) is 20.2 Å². The molecule has 0 bridgehead atoms. The van der Waals surface area contributed by atoms with Gasteiger partial charge in [0.1, 0.15) is 0 Å². The second-order valence-electron chi connectivity index (χ2n) is 4.17. The van der Waals surface area contributed by atoms with Gasteiger partial charge in [0, 0.05) is 24.7 Å². The average molecular weight is 252 g/mol. The van der Waals surface area contributed by atoms with Gasteiger partial charge < -0.3 is 4.74 Å². The minimum absolute atomic E-state index is 0.0230. The van der Waals surface area contributed by atoms with E-state index >= 15 is 0 Å². The van der Waals surface area contributed by atoms with Gasteiger partial charge >= 0.3 is 0 Å². The normalized spacial score (nSPS) is 18.8. The van der Waals surface area contributed by atoms with Crippen molar-refractivity contribution in [2.24, 2.45) is 0 Å². The monoisotopic (exact) mass is 252 g/mol. The van der Waals surface area contributed by atoms with Gasteiger partial charge in [-0.15, -0.1) is 0 Å². The molecule has 0 radical (unpaired) electrons.